The Hall–Kier alpha value is -0.470. The minimum atomic E-state index is 0.425. The highest BCUT2D eigenvalue weighted by Gasteiger charge is 2.20. The summed E-state index contributed by atoms with van der Waals surface area (Å²) in [7, 11) is 0. The highest BCUT2D eigenvalue weighted by atomic mass is 32.2. The summed E-state index contributed by atoms with van der Waals surface area (Å²) in [4.78, 5) is 0. The molecule has 1 aliphatic rings. The van der Waals surface area contributed by atoms with Crippen molar-refractivity contribution in [3.05, 3.63) is 35.4 Å². The molecule has 1 atom stereocenters. The molecule has 0 aliphatic carbocycles. The fourth-order valence-electron chi connectivity index (χ4n) is 2.17. The Bertz CT molecular complexity index is 367. The molecular weight excluding hydrogens is 226 g/mol. The molecular formula is C15H23NS. The van der Waals surface area contributed by atoms with Crippen LogP contribution in [0.15, 0.2) is 24.3 Å². The lowest BCUT2D eigenvalue weighted by Crippen LogP contribution is -2.29. The largest absolute Gasteiger partial charge is 0.309 e. The molecule has 0 saturated heterocycles. The number of rotatable bonds is 3. The molecule has 94 valence electrons. The smallest absolute Gasteiger partial charge is 0.0415 e. The van der Waals surface area contributed by atoms with Crippen molar-refractivity contribution in [3.63, 3.8) is 0 Å². The van der Waals surface area contributed by atoms with Crippen LogP contribution in [0.25, 0.3) is 0 Å². The van der Waals surface area contributed by atoms with Gasteiger partial charge in [-0.25, -0.2) is 0 Å². The summed E-state index contributed by atoms with van der Waals surface area (Å²) in [5, 5.41) is 3.71. The molecule has 0 amide bonds. The van der Waals surface area contributed by atoms with Crippen molar-refractivity contribution >= 4 is 11.8 Å². The second-order valence-corrected chi connectivity index (χ2v) is 7.06. The molecule has 1 aromatic carbocycles. The van der Waals surface area contributed by atoms with Crippen LogP contribution >= 0.6 is 11.8 Å². The summed E-state index contributed by atoms with van der Waals surface area (Å²) in [6.45, 7) is 8.03. The van der Waals surface area contributed by atoms with Crippen molar-refractivity contribution in [2.24, 2.45) is 5.41 Å². The average molecular weight is 249 g/mol. The number of benzene rings is 1. The fraction of sp³-hybridized carbons (Fsp3) is 0.600. The van der Waals surface area contributed by atoms with E-state index < -0.39 is 0 Å². The second kappa shape index (κ2) is 5.45. The summed E-state index contributed by atoms with van der Waals surface area (Å²) in [5.41, 5.74) is 3.45. The normalized spacial score (nSPS) is 20.1. The summed E-state index contributed by atoms with van der Waals surface area (Å²) in [6.07, 6.45) is 1.23. The van der Waals surface area contributed by atoms with Gasteiger partial charge in [0.2, 0.25) is 0 Å². The molecule has 1 aromatic rings. The Morgan fingerprint density at radius 2 is 2.06 bits per heavy atom. The van der Waals surface area contributed by atoms with Crippen molar-refractivity contribution in [2.75, 3.05) is 12.3 Å². The van der Waals surface area contributed by atoms with Gasteiger partial charge in [-0.15, -0.1) is 0 Å². The Morgan fingerprint density at radius 3 is 2.82 bits per heavy atom. The van der Waals surface area contributed by atoms with Gasteiger partial charge in [0.1, 0.15) is 0 Å². The van der Waals surface area contributed by atoms with E-state index in [9.17, 15) is 0 Å². The molecule has 1 N–H and O–H groups in total. The molecule has 0 radical (unpaired) electrons. The van der Waals surface area contributed by atoms with Gasteiger partial charge in [-0.05, 0) is 29.5 Å². The number of hydrogen-bond donors (Lipinski definition) is 1. The number of thioether (sulfide) groups is 1. The Kier molecular flexibility index (Phi) is 4.16. The number of fused-ring (bicyclic) bond motifs is 1. The molecule has 1 nitrogen and oxygen atoms in total. The van der Waals surface area contributed by atoms with Crippen LogP contribution in [0.5, 0.6) is 0 Å². The van der Waals surface area contributed by atoms with Crippen LogP contribution in [0.2, 0.25) is 0 Å². The van der Waals surface area contributed by atoms with Crippen LogP contribution in [0.4, 0.5) is 0 Å². The second-order valence-electron chi connectivity index (χ2n) is 6.03. The van der Waals surface area contributed by atoms with Crippen LogP contribution in [0.3, 0.4) is 0 Å². The molecule has 0 aromatic heterocycles. The third-order valence-electron chi connectivity index (χ3n) is 3.24. The highest BCUT2D eigenvalue weighted by Crippen LogP contribution is 2.31. The molecule has 0 fully saturated rings. The first-order valence-electron chi connectivity index (χ1n) is 6.45. The van der Waals surface area contributed by atoms with Crippen molar-refractivity contribution < 1.29 is 0 Å². The average Bonchev–Trinajstić information content (AvgIpc) is 2.28. The molecule has 17 heavy (non-hydrogen) atoms. The Balaban J connectivity index is 1.95. The van der Waals surface area contributed by atoms with E-state index in [0.29, 0.717) is 11.5 Å². The highest BCUT2D eigenvalue weighted by molar-refractivity contribution is 7.98. The maximum absolute atomic E-state index is 3.71. The third-order valence-corrected chi connectivity index (χ3v) is 4.32. The van der Waals surface area contributed by atoms with E-state index >= 15 is 0 Å². The topological polar surface area (TPSA) is 12.0 Å². The molecule has 2 rings (SSSR count). The SMILES string of the molecule is CC(C)(C)CCNC1CSCc2ccccc21. The first-order chi connectivity index (χ1) is 8.06. The van der Waals surface area contributed by atoms with Crippen LogP contribution < -0.4 is 5.32 Å². The lowest BCUT2D eigenvalue weighted by atomic mass is 9.92. The van der Waals surface area contributed by atoms with Gasteiger partial charge in [0.05, 0.1) is 0 Å². The summed E-state index contributed by atoms with van der Waals surface area (Å²) >= 11 is 2.04. The van der Waals surface area contributed by atoms with E-state index in [2.05, 4.69) is 50.4 Å². The quantitative estimate of drug-likeness (QED) is 0.869. The predicted molar refractivity (Wildman–Crippen MR) is 77.4 cm³/mol. The zero-order valence-corrected chi connectivity index (χ0v) is 11.9. The lowest BCUT2D eigenvalue weighted by Gasteiger charge is -2.27. The first kappa shape index (κ1) is 13.0. The van der Waals surface area contributed by atoms with Crippen LogP contribution in [0.1, 0.15) is 44.4 Å². The van der Waals surface area contributed by atoms with E-state index in [1.165, 1.54) is 29.1 Å². The fourth-order valence-corrected chi connectivity index (χ4v) is 3.31. The van der Waals surface area contributed by atoms with E-state index in [-0.39, 0.29) is 0 Å². The minimum Gasteiger partial charge on any atom is -0.309 e. The summed E-state index contributed by atoms with van der Waals surface area (Å²) < 4.78 is 0. The van der Waals surface area contributed by atoms with Crippen LogP contribution in [-0.4, -0.2) is 12.3 Å². The maximum atomic E-state index is 3.71. The summed E-state index contributed by atoms with van der Waals surface area (Å²) in [5.74, 6) is 2.38. The van der Waals surface area contributed by atoms with E-state index in [0.717, 1.165) is 6.54 Å². The van der Waals surface area contributed by atoms with E-state index in [1.807, 2.05) is 11.8 Å². The molecule has 2 heteroatoms. The van der Waals surface area contributed by atoms with Gasteiger partial charge >= 0.3 is 0 Å². The van der Waals surface area contributed by atoms with Crippen molar-refractivity contribution in [1.82, 2.24) is 5.32 Å². The Morgan fingerprint density at radius 1 is 1.29 bits per heavy atom. The van der Waals surface area contributed by atoms with Crippen molar-refractivity contribution in [3.8, 4) is 0 Å². The van der Waals surface area contributed by atoms with E-state index in [4.69, 9.17) is 0 Å². The number of nitrogens with one attached hydrogen (secondary N) is 1. The molecule has 0 bridgehead atoms. The van der Waals surface area contributed by atoms with Crippen LogP contribution in [0, 0.1) is 5.41 Å². The number of hydrogen-bond acceptors (Lipinski definition) is 2. The molecule has 1 heterocycles. The molecule has 0 spiro atoms. The van der Waals surface area contributed by atoms with Gasteiger partial charge in [0.15, 0.2) is 0 Å². The predicted octanol–water partition coefficient (Wildman–Crippen LogP) is 4.00. The van der Waals surface area contributed by atoms with Gasteiger partial charge < -0.3 is 5.32 Å². The molecule has 1 unspecified atom stereocenters. The van der Waals surface area contributed by atoms with Gasteiger partial charge in [0.25, 0.3) is 0 Å². The Labute approximate surface area is 109 Å². The van der Waals surface area contributed by atoms with Gasteiger partial charge in [0, 0.05) is 17.5 Å². The first-order valence-corrected chi connectivity index (χ1v) is 7.61. The van der Waals surface area contributed by atoms with Gasteiger partial charge in [-0.1, -0.05) is 45.0 Å². The van der Waals surface area contributed by atoms with E-state index in [1.54, 1.807) is 0 Å². The summed E-state index contributed by atoms with van der Waals surface area (Å²) in [6, 6.07) is 9.40. The third kappa shape index (κ3) is 3.75. The minimum absolute atomic E-state index is 0.425. The van der Waals surface area contributed by atoms with Crippen LogP contribution in [-0.2, 0) is 5.75 Å². The van der Waals surface area contributed by atoms with Gasteiger partial charge in [-0.3, -0.25) is 0 Å². The molecule has 0 saturated carbocycles. The van der Waals surface area contributed by atoms with Crippen molar-refractivity contribution in [1.29, 1.82) is 0 Å². The van der Waals surface area contributed by atoms with Crippen molar-refractivity contribution in [2.45, 2.75) is 39.0 Å². The monoisotopic (exact) mass is 249 g/mol. The molecule has 1 aliphatic heterocycles. The van der Waals surface area contributed by atoms with Gasteiger partial charge in [-0.2, -0.15) is 11.8 Å². The zero-order valence-electron chi connectivity index (χ0n) is 11.1. The zero-order chi connectivity index (χ0) is 12.3. The standard InChI is InChI=1S/C15H23NS/c1-15(2,3)8-9-16-14-11-17-10-12-6-4-5-7-13(12)14/h4-7,14,16H,8-11H2,1-3H3. The maximum Gasteiger partial charge on any atom is 0.0415 e. The lowest BCUT2D eigenvalue weighted by molar-refractivity contribution is 0.358.